The Bertz CT molecular complexity index is 373. The Hall–Kier alpha value is -1.09. The van der Waals surface area contributed by atoms with Crippen LogP contribution in [-0.4, -0.2) is 24.6 Å². The third-order valence-electron chi connectivity index (χ3n) is 2.68. The molecule has 0 saturated carbocycles. The maximum absolute atomic E-state index is 12.9. The Morgan fingerprint density at radius 2 is 1.32 bits per heavy atom. The number of halogens is 9. The first-order chi connectivity index (χ1) is 9.89. The van der Waals surface area contributed by atoms with E-state index < -0.39 is 36.5 Å². The van der Waals surface area contributed by atoms with E-state index in [0.29, 0.717) is 12.8 Å². The number of ether oxygens (including phenoxy) is 1. The van der Waals surface area contributed by atoms with Crippen LogP contribution < -0.4 is 0 Å². The molecule has 0 bridgehead atoms. The summed E-state index contributed by atoms with van der Waals surface area (Å²) in [6.45, 7) is 1.29. The third-order valence-corrected chi connectivity index (χ3v) is 2.68. The molecule has 0 atom stereocenters. The molecule has 0 radical (unpaired) electrons. The Kier molecular flexibility index (Phi) is 7.56. The topological polar surface area (TPSA) is 9.23 Å². The first-order valence-corrected chi connectivity index (χ1v) is 6.40. The first kappa shape index (κ1) is 20.9. The summed E-state index contributed by atoms with van der Waals surface area (Å²) in [6, 6.07) is -2.77. The molecule has 0 aromatic heterocycles. The van der Waals surface area contributed by atoms with Gasteiger partial charge in [-0.1, -0.05) is 32.6 Å². The van der Waals surface area contributed by atoms with Gasteiger partial charge in [-0.25, -0.2) is 0 Å². The van der Waals surface area contributed by atoms with Crippen LogP contribution in [-0.2, 0) is 4.74 Å². The minimum absolute atomic E-state index is 0.113. The molecule has 0 unspecified atom stereocenters. The van der Waals surface area contributed by atoms with Gasteiger partial charge >= 0.3 is 24.0 Å². The van der Waals surface area contributed by atoms with Crippen molar-refractivity contribution >= 4 is 0 Å². The van der Waals surface area contributed by atoms with Gasteiger partial charge in [0.25, 0.3) is 0 Å². The molecule has 0 heterocycles. The monoisotopic (exact) mass is 346 g/mol. The highest BCUT2D eigenvalue weighted by Crippen LogP contribution is 2.50. The molecule has 132 valence electrons. The summed E-state index contributed by atoms with van der Waals surface area (Å²) in [6.07, 6.45) is -3.73. The lowest BCUT2D eigenvalue weighted by atomic mass is 10.1. The van der Waals surface area contributed by atoms with Crippen LogP contribution in [0.3, 0.4) is 0 Å². The van der Waals surface area contributed by atoms with Crippen LogP contribution in [0, 0.1) is 0 Å². The highest BCUT2D eigenvalue weighted by Gasteiger charge is 2.76. The normalized spacial score (nSPS) is 14.8. The summed E-state index contributed by atoms with van der Waals surface area (Å²) in [5.41, 5.74) is 0. The number of hydrogen-bond donors (Lipinski definition) is 0. The second kappa shape index (κ2) is 7.96. The fraction of sp³-hybridized carbons (Fsp3) is 0.833. The predicted octanol–water partition coefficient (Wildman–Crippen LogP) is 5.91. The van der Waals surface area contributed by atoms with E-state index in [4.69, 9.17) is 0 Å². The largest absolute Gasteiger partial charge is 0.469 e. The molecule has 0 saturated heterocycles. The van der Waals surface area contributed by atoms with Crippen molar-refractivity contribution in [3.63, 3.8) is 0 Å². The molecule has 0 aromatic rings. The Labute approximate surface area is 121 Å². The molecule has 22 heavy (non-hydrogen) atoms. The quantitative estimate of drug-likeness (QED) is 0.286. The summed E-state index contributed by atoms with van der Waals surface area (Å²) >= 11 is 0. The van der Waals surface area contributed by atoms with Crippen molar-refractivity contribution in [2.24, 2.45) is 0 Å². The van der Waals surface area contributed by atoms with E-state index in [1.54, 1.807) is 0 Å². The Balaban J connectivity index is 4.78. The van der Waals surface area contributed by atoms with E-state index in [1.807, 2.05) is 6.92 Å². The van der Waals surface area contributed by atoms with Crippen LogP contribution in [0.5, 0.6) is 0 Å². The molecule has 0 fully saturated rings. The van der Waals surface area contributed by atoms with Crippen LogP contribution in [0.1, 0.15) is 39.0 Å². The van der Waals surface area contributed by atoms with E-state index in [-0.39, 0.29) is 6.42 Å². The lowest BCUT2D eigenvalue weighted by Gasteiger charge is -2.26. The van der Waals surface area contributed by atoms with E-state index in [1.165, 1.54) is 0 Å². The van der Waals surface area contributed by atoms with Crippen molar-refractivity contribution < 1.29 is 44.3 Å². The number of hydrogen-bond acceptors (Lipinski definition) is 1. The van der Waals surface area contributed by atoms with Crippen LogP contribution in [0.4, 0.5) is 39.5 Å². The lowest BCUT2D eigenvalue weighted by Crippen LogP contribution is -2.52. The summed E-state index contributed by atoms with van der Waals surface area (Å²) in [7, 11) is 0. The lowest BCUT2D eigenvalue weighted by molar-refractivity contribution is -0.348. The van der Waals surface area contributed by atoms with Gasteiger partial charge in [-0.3, -0.25) is 0 Å². The van der Waals surface area contributed by atoms with Gasteiger partial charge in [0.1, 0.15) is 0 Å². The van der Waals surface area contributed by atoms with Gasteiger partial charge in [0.2, 0.25) is 5.83 Å². The second-order valence-electron chi connectivity index (χ2n) is 4.50. The average Bonchev–Trinajstić information content (AvgIpc) is 2.40. The van der Waals surface area contributed by atoms with Crippen molar-refractivity contribution in [3.05, 3.63) is 11.8 Å². The van der Waals surface area contributed by atoms with Crippen LogP contribution >= 0.6 is 0 Å². The molecule has 0 spiro atoms. The summed E-state index contributed by atoms with van der Waals surface area (Å²) in [4.78, 5) is 0. The molecule has 0 aliphatic rings. The van der Waals surface area contributed by atoms with E-state index in [2.05, 4.69) is 4.74 Å². The number of rotatable bonds is 9. The van der Waals surface area contributed by atoms with Gasteiger partial charge < -0.3 is 4.74 Å². The Morgan fingerprint density at radius 1 is 0.818 bits per heavy atom. The molecule has 10 heteroatoms. The maximum Gasteiger partial charge on any atom is 0.460 e. The zero-order valence-corrected chi connectivity index (χ0v) is 11.6. The summed E-state index contributed by atoms with van der Waals surface area (Å²) in [5, 5.41) is 0. The van der Waals surface area contributed by atoms with Gasteiger partial charge in [-0.2, -0.15) is 39.5 Å². The zero-order valence-electron chi connectivity index (χ0n) is 11.6. The number of allylic oxidation sites excluding steroid dienone is 1. The molecule has 0 N–H and O–H groups in total. The molecule has 1 nitrogen and oxygen atoms in total. The number of unbranched alkanes of at least 4 members (excludes halogenated alkanes) is 4. The zero-order chi connectivity index (χ0) is 17.6. The fourth-order valence-electron chi connectivity index (χ4n) is 1.37. The van der Waals surface area contributed by atoms with Crippen molar-refractivity contribution in [3.8, 4) is 0 Å². The van der Waals surface area contributed by atoms with Gasteiger partial charge in [0.15, 0.2) is 0 Å². The maximum atomic E-state index is 12.9. The standard InChI is InChI=1S/C12H15F9O/c1-2-3-4-5-6-7-22-9(14)8(13)10(15,16)11(17,18)12(19,20)21/h2-7H2,1H3. The minimum Gasteiger partial charge on any atom is -0.469 e. The van der Waals surface area contributed by atoms with Gasteiger partial charge in [0, 0.05) is 0 Å². The molecule has 0 aromatic carbocycles. The molecular weight excluding hydrogens is 331 g/mol. The van der Waals surface area contributed by atoms with Gasteiger partial charge in [-0.05, 0) is 6.42 Å². The van der Waals surface area contributed by atoms with E-state index >= 15 is 0 Å². The van der Waals surface area contributed by atoms with Crippen molar-refractivity contribution in [2.45, 2.75) is 57.0 Å². The molecule has 0 aliphatic carbocycles. The van der Waals surface area contributed by atoms with E-state index in [9.17, 15) is 39.5 Å². The average molecular weight is 346 g/mol. The highest BCUT2D eigenvalue weighted by atomic mass is 19.4. The second-order valence-corrected chi connectivity index (χ2v) is 4.50. The highest BCUT2D eigenvalue weighted by molar-refractivity contribution is 5.13. The predicted molar refractivity (Wildman–Crippen MR) is 59.9 cm³/mol. The van der Waals surface area contributed by atoms with Gasteiger partial charge in [0.05, 0.1) is 6.61 Å². The smallest absolute Gasteiger partial charge is 0.460 e. The number of alkyl halides is 7. The van der Waals surface area contributed by atoms with Crippen LogP contribution in [0.15, 0.2) is 11.8 Å². The van der Waals surface area contributed by atoms with E-state index in [0.717, 1.165) is 12.8 Å². The van der Waals surface area contributed by atoms with Crippen LogP contribution in [0.25, 0.3) is 0 Å². The van der Waals surface area contributed by atoms with Crippen molar-refractivity contribution in [1.29, 1.82) is 0 Å². The van der Waals surface area contributed by atoms with Crippen molar-refractivity contribution in [1.82, 2.24) is 0 Å². The fourth-order valence-corrected chi connectivity index (χ4v) is 1.37. The van der Waals surface area contributed by atoms with Gasteiger partial charge in [-0.15, -0.1) is 0 Å². The molecule has 0 aliphatic heterocycles. The van der Waals surface area contributed by atoms with Crippen molar-refractivity contribution in [2.75, 3.05) is 6.61 Å². The molecule has 0 amide bonds. The Morgan fingerprint density at radius 3 is 1.77 bits per heavy atom. The third kappa shape index (κ3) is 4.98. The molecular formula is C12H15F9O. The minimum atomic E-state index is -6.76. The summed E-state index contributed by atoms with van der Waals surface area (Å²) < 4.78 is 116. The SMILES string of the molecule is CCCCCCCOC(F)=C(F)C(F)(F)C(F)(F)C(F)(F)F. The van der Waals surface area contributed by atoms with Crippen LogP contribution in [0.2, 0.25) is 0 Å². The molecule has 0 rings (SSSR count). The summed E-state index contributed by atoms with van der Waals surface area (Å²) in [5.74, 6) is -16.7. The first-order valence-electron chi connectivity index (χ1n) is 6.40.